The SMILES string of the molecule is Cn1cnnc1Sc1ccc(Sc2ccc(Cl)c(Cl)c2)c(C(=O)Nc2ncc(CP(=O)(O)O)s2)n1. The zero-order chi connectivity index (χ0) is 25.2. The normalized spacial score (nSPS) is 11.6. The highest BCUT2D eigenvalue weighted by Gasteiger charge is 2.20. The minimum absolute atomic E-state index is 0.125. The van der Waals surface area contributed by atoms with E-state index >= 15 is 0 Å². The van der Waals surface area contributed by atoms with Crippen LogP contribution in [0.4, 0.5) is 5.13 Å². The van der Waals surface area contributed by atoms with Gasteiger partial charge in [0.05, 0.1) is 16.2 Å². The van der Waals surface area contributed by atoms with Gasteiger partial charge in [-0.1, -0.05) is 35.0 Å². The lowest BCUT2D eigenvalue weighted by atomic mass is 10.3. The number of thiazole rings is 1. The highest BCUT2D eigenvalue weighted by Crippen LogP contribution is 2.41. The van der Waals surface area contributed by atoms with Crippen LogP contribution in [0.5, 0.6) is 0 Å². The summed E-state index contributed by atoms with van der Waals surface area (Å²) in [5.74, 6) is -0.537. The molecule has 0 aliphatic carbocycles. The Morgan fingerprint density at radius 3 is 2.69 bits per heavy atom. The van der Waals surface area contributed by atoms with Gasteiger partial charge in [-0.3, -0.25) is 14.7 Å². The third-order valence-corrected chi connectivity index (χ3v) is 8.81. The second-order valence-corrected chi connectivity index (χ2v) is 12.6. The Balaban J connectivity index is 1.63. The van der Waals surface area contributed by atoms with Crippen LogP contribution in [0, 0.1) is 0 Å². The van der Waals surface area contributed by atoms with Gasteiger partial charge in [0.25, 0.3) is 5.91 Å². The summed E-state index contributed by atoms with van der Waals surface area (Å²) in [7, 11) is -2.46. The molecule has 0 saturated heterocycles. The monoisotopic (exact) mass is 588 g/mol. The molecule has 1 aromatic carbocycles. The summed E-state index contributed by atoms with van der Waals surface area (Å²) in [5.41, 5.74) is 0.125. The molecule has 1 amide bonds. The molecule has 0 aliphatic rings. The van der Waals surface area contributed by atoms with Crippen molar-refractivity contribution in [2.24, 2.45) is 7.05 Å². The number of nitrogens with zero attached hydrogens (tertiary/aromatic N) is 5. The average molecular weight is 589 g/mol. The van der Waals surface area contributed by atoms with Crippen LogP contribution in [0.2, 0.25) is 10.0 Å². The molecule has 3 N–H and O–H groups in total. The molecule has 4 aromatic rings. The fourth-order valence-corrected chi connectivity index (χ4v) is 6.55. The molecule has 3 aromatic heterocycles. The van der Waals surface area contributed by atoms with Crippen molar-refractivity contribution in [3.63, 3.8) is 0 Å². The van der Waals surface area contributed by atoms with E-state index in [2.05, 4.69) is 25.5 Å². The smallest absolute Gasteiger partial charge is 0.324 e. The number of nitrogens with one attached hydrogen (secondary N) is 1. The summed E-state index contributed by atoms with van der Waals surface area (Å²) in [6.07, 6.45) is 2.42. The van der Waals surface area contributed by atoms with Gasteiger partial charge in [-0.25, -0.2) is 9.97 Å². The van der Waals surface area contributed by atoms with E-state index in [1.807, 2.05) is 0 Å². The van der Waals surface area contributed by atoms with E-state index in [-0.39, 0.29) is 10.8 Å². The zero-order valence-electron chi connectivity index (χ0n) is 17.6. The van der Waals surface area contributed by atoms with Crippen molar-refractivity contribution in [2.75, 3.05) is 5.32 Å². The number of aryl methyl sites for hydroxylation is 1. The van der Waals surface area contributed by atoms with Crippen LogP contribution >= 0.6 is 65.7 Å². The molecular formula is C19H15Cl2N6O4PS3. The van der Waals surface area contributed by atoms with Crippen molar-refractivity contribution in [1.29, 1.82) is 0 Å². The molecular weight excluding hydrogens is 574 g/mol. The fraction of sp³-hybridized carbons (Fsp3) is 0.105. The van der Waals surface area contributed by atoms with Crippen molar-refractivity contribution in [2.45, 2.75) is 26.1 Å². The maximum absolute atomic E-state index is 13.2. The highest BCUT2D eigenvalue weighted by atomic mass is 35.5. The summed E-state index contributed by atoms with van der Waals surface area (Å²) >= 11 is 15.6. The van der Waals surface area contributed by atoms with Crippen LogP contribution in [0.25, 0.3) is 0 Å². The number of hydrogen-bond donors (Lipinski definition) is 3. The Labute approximate surface area is 221 Å². The van der Waals surface area contributed by atoms with Crippen molar-refractivity contribution in [3.8, 4) is 0 Å². The molecule has 35 heavy (non-hydrogen) atoms. The number of pyridine rings is 1. The van der Waals surface area contributed by atoms with Gasteiger partial charge in [0, 0.05) is 27.9 Å². The van der Waals surface area contributed by atoms with E-state index in [0.717, 1.165) is 16.2 Å². The van der Waals surface area contributed by atoms with E-state index < -0.39 is 19.7 Å². The molecule has 0 spiro atoms. The molecule has 3 heterocycles. The van der Waals surface area contributed by atoms with E-state index in [9.17, 15) is 9.36 Å². The number of carbonyl (C=O) groups excluding carboxylic acids is 1. The van der Waals surface area contributed by atoms with Crippen LogP contribution in [0.15, 0.2) is 62.8 Å². The van der Waals surface area contributed by atoms with Gasteiger partial charge in [-0.05, 0) is 42.1 Å². The maximum Gasteiger partial charge on any atom is 0.330 e. The van der Waals surface area contributed by atoms with Crippen LogP contribution < -0.4 is 5.32 Å². The Kier molecular flexibility index (Phi) is 8.19. The molecule has 0 fully saturated rings. The molecule has 0 atom stereocenters. The third kappa shape index (κ3) is 7.05. The molecule has 0 unspecified atom stereocenters. The summed E-state index contributed by atoms with van der Waals surface area (Å²) in [5, 5.41) is 12.6. The minimum atomic E-state index is -4.25. The van der Waals surface area contributed by atoms with E-state index in [4.69, 9.17) is 33.0 Å². The molecule has 4 rings (SSSR count). The molecule has 10 nitrogen and oxygen atoms in total. The Hall–Kier alpha value is -1.96. The summed E-state index contributed by atoms with van der Waals surface area (Å²) in [6, 6.07) is 8.65. The zero-order valence-corrected chi connectivity index (χ0v) is 22.5. The van der Waals surface area contributed by atoms with E-state index in [0.29, 0.717) is 30.0 Å². The van der Waals surface area contributed by atoms with Gasteiger partial charge in [0.1, 0.15) is 17.0 Å². The molecule has 0 radical (unpaired) electrons. The number of halogens is 2. The first-order valence-corrected chi connectivity index (χ1v) is 14.5. The Morgan fingerprint density at radius 2 is 2.00 bits per heavy atom. The van der Waals surface area contributed by atoms with Gasteiger partial charge < -0.3 is 14.4 Å². The number of carbonyl (C=O) groups is 1. The van der Waals surface area contributed by atoms with Gasteiger partial charge >= 0.3 is 7.60 Å². The van der Waals surface area contributed by atoms with Crippen LogP contribution in [-0.4, -0.2) is 40.4 Å². The largest absolute Gasteiger partial charge is 0.330 e. The molecule has 182 valence electrons. The number of aromatic nitrogens is 5. The standard InChI is InChI=1S/C19H15Cl2N6O4PS3/c1-27-9-23-26-19(27)35-15-5-4-14(33-10-2-3-12(20)13(21)6-10)16(24-15)17(28)25-18-22-7-11(34-18)8-32(29,30)31/h2-7,9H,8H2,1H3,(H,22,25,28)(H2,29,30,31). The van der Waals surface area contributed by atoms with Crippen molar-refractivity contribution < 1.29 is 19.1 Å². The number of amides is 1. The predicted molar refractivity (Wildman–Crippen MR) is 136 cm³/mol. The first-order chi connectivity index (χ1) is 16.6. The summed E-state index contributed by atoms with van der Waals surface area (Å²) < 4.78 is 13.0. The van der Waals surface area contributed by atoms with Gasteiger partial charge in [0.15, 0.2) is 10.3 Å². The Bertz CT molecular complexity index is 1440. The van der Waals surface area contributed by atoms with Crippen molar-refractivity contribution in [1.82, 2.24) is 24.7 Å². The van der Waals surface area contributed by atoms with Crippen LogP contribution in [0.3, 0.4) is 0 Å². The minimum Gasteiger partial charge on any atom is -0.324 e. The third-order valence-electron chi connectivity index (χ3n) is 4.17. The summed E-state index contributed by atoms with van der Waals surface area (Å²) in [4.78, 5) is 41.8. The predicted octanol–water partition coefficient (Wildman–Crippen LogP) is 5.21. The highest BCUT2D eigenvalue weighted by molar-refractivity contribution is 7.99. The quantitative estimate of drug-likeness (QED) is 0.235. The topological polar surface area (TPSA) is 143 Å². The summed E-state index contributed by atoms with van der Waals surface area (Å²) in [6.45, 7) is 0. The van der Waals surface area contributed by atoms with Crippen LogP contribution in [-0.2, 0) is 17.8 Å². The average Bonchev–Trinajstić information content (AvgIpc) is 3.39. The first-order valence-electron chi connectivity index (χ1n) is 9.54. The van der Waals surface area contributed by atoms with Gasteiger partial charge in [-0.15, -0.1) is 21.5 Å². The van der Waals surface area contributed by atoms with Crippen LogP contribution in [0.1, 0.15) is 15.4 Å². The molecule has 0 saturated carbocycles. The molecule has 0 aliphatic heterocycles. The number of hydrogen-bond acceptors (Lipinski definition) is 9. The lowest BCUT2D eigenvalue weighted by molar-refractivity contribution is 0.101. The lowest BCUT2D eigenvalue weighted by Crippen LogP contribution is -2.15. The van der Waals surface area contributed by atoms with Crippen molar-refractivity contribution >= 4 is 76.7 Å². The number of benzene rings is 1. The van der Waals surface area contributed by atoms with E-state index in [1.54, 1.807) is 48.3 Å². The van der Waals surface area contributed by atoms with E-state index in [1.165, 1.54) is 29.7 Å². The molecule has 16 heteroatoms. The molecule has 0 bridgehead atoms. The number of anilines is 1. The van der Waals surface area contributed by atoms with Gasteiger partial charge in [0.2, 0.25) is 0 Å². The first kappa shape index (κ1) is 26.1. The fourth-order valence-electron chi connectivity index (χ4n) is 2.65. The number of rotatable bonds is 8. The second-order valence-electron chi connectivity index (χ2n) is 6.91. The van der Waals surface area contributed by atoms with Crippen molar-refractivity contribution in [3.05, 3.63) is 63.5 Å². The second kappa shape index (κ2) is 11.0. The van der Waals surface area contributed by atoms with Gasteiger partial charge in [-0.2, -0.15) is 0 Å². The Morgan fingerprint density at radius 1 is 1.20 bits per heavy atom. The maximum atomic E-state index is 13.2. The lowest BCUT2D eigenvalue weighted by Gasteiger charge is -2.10.